The highest BCUT2D eigenvalue weighted by Crippen LogP contribution is 2.16. The van der Waals surface area contributed by atoms with Crippen molar-refractivity contribution in [1.82, 2.24) is 10.3 Å². The van der Waals surface area contributed by atoms with Gasteiger partial charge in [-0.25, -0.2) is 9.78 Å². The fraction of sp³-hybridized carbons (Fsp3) is 0.286. The molecular formula is C14H18N4OS. The van der Waals surface area contributed by atoms with Gasteiger partial charge < -0.3 is 16.4 Å². The summed E-state index contributed by atoms with van der Waals surface area (Å²) in [7, 11) is 0. The molecule has 2 unspecified atom stereocenters. The van der Waals surface area contributed by atoms with Crippen LogP contribution in [0.5, 0.6) is 0 Å². The van der Waals surface area contributed by atoms with Crippen molar-refractivity contribution >= 4 is 23.1 Å². The first-order chi connectivity index (χ1) is 9.56. The molecule has 0 spiro atoms. The van der Waals surface area contributed by atoms with Crippen LogP contribution >= 0.6 is 11.3 Å². The number of hydrogen-bond donors (Lipinski definition) is 3. The van der Waals surface area contributed by atoms with Gasteiger partial charge >= 0.3 is 6.03 Å². The molecule has 0 aliphatic heterocycles. The first kappa shape index (κ1) is 14.5. The minimum atomic E-state index is -0.249. The third kappa shape index (κ3) is 3.79. The summed E-state index contributed by atoms with van der Waals surface area (Å²) in [4.78, 5) is 16.0. The lowest BCUT2D eigenvalue weighted by molar-refractivity contribution is 0.249. The third-order valence-electron chi connectivity index (χ3n) is 2.86. The predicted octanol–water partition coefficient (Wildman–Crippen LogP) is 3.05. The molecule has 4 N–H and O–H groups in total. The summed E-state index contributed by atoms with van der Waals surface area (Å²) in [5, 5.41) is 8.40. The molecule has 106 valence electrons. The molecule has 0 bridgehead atoms. The number of anilines is 1. The number of carbonyl (C=O) groups is 1. The molecule has 6 heteroatoms. The van der Waals surface area contributed by atoms with E-state index in [0.717, 1.165) is 16.3 Å². The molecule has 20 heavy (non-hydrogen) atoms. The van der Waals surface area contributed by atoms with Crippen LogP contribution in [0.1, 0.15) is 36.5 Å². The van der Waals surface area contributed by atoms with Gasteiger partial charge in [0.25, 0.3) is 0 Å². The number of rotatable bonds is 4. The van der Waals surface area contributed by atoms with Gasteiger partial charge in [0, 0.05) is 23.3 Å². The lowest BCUT2D eigenvalue weighted by atomic mass is 10.1. The summed E-state index contributed by atoms with van der Waals surface area (Å²) in [5.41, 5.74) is 7.55. The van der Waals surface area contributed by atoms with E-state index in [-0.39, 0.29) is 18.1 Å². The average Bonchev–Trinajstić information content (AvgIpc) is 2.93. The van der Waals surface area contributed by atoms with Crippen LogP contribution in [0, 0.1) is 0 Å². The van der Waals surface area contributed by atoms with Gasteiger partial charge in [-0.05, 0) is 31.5 Å². The van der Waals surface area contributed by atoms with E-state index < -0.39 is 0 Å². The van der Waals surface area contributed by atoms with Crippen molar-refractivity contribution in [3.05, 3.63) is 46.4 Å². The highest BCUT2D eigenvalue weighted by atomic mass is 32.1. The van der Waals surface area contributed by atoms with Crippen molar-refractivity contribution < 1.29 is 4.79 Å². The lowest BCUT2D eigenvalue weighted by Gasteiger charge is -2.13. The van der Waals surface area contributed by atoms with E-state index in [1.807, 2.05) is 43.5 Å². The molecule has 2 amide bonds. The largest absolute Gasteiger partial charge is 0.329 e. The highest BCUT2D eigenvalue weighted by molar-refractivity contribution is 7.09. The van der Waals surface area contributed by atoms with Gasteiger partial charge in [0.05, 0.1) is 6.04 Å². The number of aromatic nitrogens is 1. The van der Waals surface area contributed by atoms with Crippen molar-refractivity contribution in [2.45, 2.75) is 25.9 Å². The van der Waals surface area contributed by atoms with E-state index >= 15 is 0 Å². The standard InChI is InChI=1S/C14H18N4OS/c1-9(15)11-3-5-12(6-4-11)18-14(19)17-10(2)13-16-7-8-20-13/h3-10H,15H2,1-2H3,(H2,17,18,19). The number of thiazole rings is 1. The van der Waals surface area contributed by atoms with E-state index in [1.54, 1.807) is 6.20 Å². The Morgan fingerprint density at radius 1 is 1.30 bits per heavy atom. The topological polar surface area (TPSA) is 80.0 Å². The molecule has 0 aliphatic carbocycles. The van der Waals surface area contributed by atoms with Crippen LogP contribution in [0.25, 0.3) is 0 Å². The van der Waals surface area contributed by atoms with Gasteiger partial charge in [0.15, 0.2) is 0 Å². The maximum atomic E-state index is 11.9. The smallest absolute Gasteiger partial charge is 0.319 e. The van der Waals surface area contributed by atoms with E-state index in [1.165, 1.54) is 11.3 Å². The summed E-state index contributed by atoms with van der Waals surface area (Å²) in [6.45, 7) is 3.82. The van der Waals surface area contributed by atoms with Crippen molar-refractivity contribution in [2.24, 2.45) is 5.73 Å². The molecule has 0 fully saturated rings. The number of amides is 2. The average molecular weight is 290 g/mol. The number of carbonyl (C=O) groups excluding carboxylic acids is 1. The molecule has 5 nitrogen and oxygen atoms in total. The molecule has 0 radical (unpaired) electrons. The Hall–Kier alpha value is -1.92. The second kappa shape index (κ2) is 6.49. The van der Waals surface area contributed by atoms with E-state index in [0.29, 0.717) is 0 Å². The molecule has 0 aliphatic rings. The van der Waals surface area contributed by atoms with Crippen LogP contribution in [-0.4, -0.2) is 11.0 Å². The summed E-state index contributed by atoms with van der Waals surface area (Å²) in [5.74, 6) is 0. The minimum Gasteiger partial charge on any atom is -0.329 e. The van der Waals surface area contributed by atoms with Crippen LogP contribution in [0.2, 0.25) is 0 Å². The van der Waals surface area contributed by atoms with Crippen molar-refractivity contribution in [1.29, 1.82) is 0 Å². The Labute approximate surface area is 122 Å². The zero-order valence-corrected chi connectivity index (χ0v) is 12.3. The van der Waals surface area contributed by atoms with Crippen molar-refractivity contribution in [2.75, 3.05) is 5.32 Å². The summed E-state index contributed by atoms with van der Waals surface area (Å²) in [6, 6.07) is 7.12. The second-order valence-electron chi connectivity index (χ2n) is 4.60. The molecule has 0 saturated heterocycles. The first-order valence-electron chi connectivity index (χ1n) is 6.38. The van der Waals surface area contributed by atoms with Gasteiger partial charge in [0.2, 0.25) is 0 Å². The molecule has 2 rings (SSSR count). The van der Waals surface area contributed by atoms with Gasteiger partial charge in [-0.1, -0.05) is 12.1 Å². The Balaban J connectivity index is 1.91. The molecule has 1 heterocycles. The Bertz CT molecular complexity index is 551. The SMILES string of the molecule is CC(N)c1ccc(NC(=O)NC(C)c2nccs2)cc1. The Kier molecular flexibility index (Phi) is 4.70. The van der Waals surface area contributed by atoms with Crippen molar-refractivity contribution in [3.63, 3.8) is 0 Å². The zero-order valence-electron chi connectivity index (χ0n) is 11.5. The summed E-state index contributed by atoms with van der Waals surface area (Å²) < 4.78 is 0. The quantitative estimate of drug-likeness (QED) is 0.809. The van der Waals surface area contributed by atoms with Crippen LogP contribution in [-0.2, 0) is 0 Å². The number of benzene rings is 1. The van der Waals surface area contributed by atoms with E-state index in [9.17, 15) is 4.79 Å². The van der Waals surface area contributed by atoms with E-state index in [2.05, 4.69) is 15.6 Å². The van der Waals surface area contributed by atoms with Crippen LogP contribution in [0.4, 0.5) is 10.5 Å². The molecule has 1 aromatic heterocycles. The lowest BCUT2D eigenvalue weighted by Crippen LogP contribution is -2.31. The fourth-order valence-corrected chi connectivity index (χ4v) is 2.39. The maximum absolute atomic E-state index is 11.9. The van der Waals surface area contributed by atoms with Gasteiger partial charge in [-0.3, -0.25) is 0 Å². The number of nitrogens with two attached hydrogens (primary N) is 1. The Morgan fingerprint density at radius 3 is 2.55 bits per heavy atom. The number of nitrogens with one attached hydrogen (secondary N) is 2. The van der Waals surface area contributed by atoms with Crippen molar-refractivity contribution in [3.8, 4) is 0 Å². The second-order valence-corrected chi connectivity index (χ2v) is 5.53. The Morgan fingerprint density at radius 2 is 2.00 bits per heavy atom. The predicted molar refractivity (Wildman–Crippen MR) is 81.7 cm³/mol. The van der Waals surface area contributed by atoms with Gasteiger partial charge in [-0.2, -0.15) is 0 Å². The molecule has 2 aromatic rings. The molecular weight excluding hydrogens is 272 g/mol. The number of nitrogens with zero attached hydrogens (tertiary/aromatic N) is 1. The maximum Gasteiger partial charge on any atom is 0.319 e. The van der Waals surface area contributed by atoms with Gasteiger partial charge in [-0.15, -0.1) is 11.3 Å². The van der Waals surface area contributed by atoms with E-state index in [4.69, 9.17) is 5.73 Å². The first-order valence-corrected chi connectivity index (χ1v) is 7.26. The normalized spacial score (nSPS) is 13.6. The third-order valence-corrected chi connectivity index (χ3v) is 3.82. The molecule has 1 aromatic carbocycles. The van der Waals surface area contributed by atoms with Crippen LogP contribution < -0.4 is 16.4 Å². The summed E-state index contributed by atoms with van der Waals surface area (Å²) in [6.07, 6.45) is 1.72. The number of urea groups is 1. The molecule has 2 atom stereocenters. The van der Waals surface area contributed by atoms with Crippen LogP contribution in [0.15, 0.2) is 35.8 Å². The number of hydrogen-bond acceptors (Lipinski definition) is 4. The molecule has 0 saturated carbocycles. The van der Waals surface area contributed by atoms with Gasteiger partial charge in [0.1, 0.15) is 5.01 Å². The highest BCUT2D eigenvalue weighted by Gasteiger charge is 2.11. The zero-order chi connectivity index (χ0) is 14.5. The fourth-order valence-electron chi connectivity index (χ4n) is 1.74. The monoisotopic (exact) mass is 290 g/mol. The summed E-state index contributed by atoms with van der Waals surface area (Å²) >= 11 is 1.52. The van der Waals surface area contributed by atoms with Crippen LogP contribution in [0.3, 0.4) is 0 Å². The minimum absolute atomic E-state index is 0.0113.